The van der Waals surface area contributed by atoms with Crippen LogP contribution in [0.1, 0.15) is 59.0 Å². The topological polar surface area (TPSA) is 105 Å². The van der Waals surface area contributed by atoms with Crippen LogP contribution in [0.5, 0.6) is 0 Å². The van der Waals surface area contributed by atoms with Crippen LogP contribution in [0.4, 0.5) is 11.4 Å². The Morgan fingerprint density at radius 3 is 2.29 bits per heavy atom. The van der Waals surface area contributed by atoms with Crippen LogP contribution in [0.15, 0.2) is 83.8 Å². The van der Waals surface area contributed by atoms with Gasteiger partial charge in [0.2, 0.25) is 5.91 Å². The lowest BCUT2D eigenvalue weighted by Gasteiger charge is -2.28. The summed E-state index contributed by atoms with van der Waals surface area (Å²) >= 11 is 1.42. The summed E-state index contributed by atoms with van der Waals surface area (Å²) in [6, 6.07) is 24.5. The van der Waals surface area contributed by atoms with E-state index in [1.807, 2.05) is 48.5 Å². The monoisotopic (exact) mass is 580 g/mol. The summed E-state index contributed by atoms with van der Waals surface area (Å²) in [5.74, 6) is -0.429. The second-order valence-corrected chi connectivity index (χ2v) is 12.7. The number of carbonyl (C=O) groups is 3. The van der Waals surface area contributed by atoms with Gasteiger partial charge in [0.25, 0.3) is 11.8 Å². The van der Waals surface area contributed by atoms with Gasteiger partial charge >= 0.3 is 0 Å². The Hall–Kier alpha value is -4.14. The quantitative estimate of drug-likeness (QED) is 0.149. The number of hydrogen-bond acceptors (Lipinski definition) is 6. The molecule has 1 heterocycles. The number of imide groups is 1. The van der Waals surface area contributed by atoms with Gasteiger partial charge in [-0.25, -0.2) is 4.90 Å². The minimum absolute atomic E-state index is 0.0163. The van der Waals surface area contributed by atoms with E-state index in [1.54, 1.807) is 24.3 Å². The second-order valence-electron chi connectivity index (χ2n) is 11.7. The molecule has 5 rings (SSSR count). The number of nitrogens with zero attached hydrogens (tertiary/aromatic N) is 1. The molecular formula is C34H36N4O3S. The Labute approximate surface area is 250 Å². The van der Waals surface area contributed by atoms with Gasteiger partial charge in [0.05, 0.1) is 11.4 Å². The van der Waals surface area contributed by atoms with Gasteiger partial charge in [-0.2, -0.15) is 0 Å². The van der Waals surface area contributed by atoms with Crippen LogP contribution in [0.25, 0.3) is 10.8 Å². The fraction of sp³-hybridized carbons (Fsp3) is 0.265. The molecule has 1 aliphatic heterocycles. The molecule has 0 spiro atoms. The van der Waals surface area contributed by atoms with Gasteiger partial charge in [-0.1, -0.05) is 57.2 Å². The molecule has 1 aliphatic rings. The van der Waals surface area contributed by atoms with E-state index in [-0.39, 0.29) is 23.1 Å². The van der Waals surface area contributed by atoms with Gasteiger partial charge in [-0.3, -0.25) is 14.4 Å². The van der Waals surface area contributed by atoms with Crippen molar-refractivity contribution in [2.45, 2.75) is 45.2 Å². The van der Waals surface area contributed by atoms with Crippen molar-refractivity contribution in [1.29, 1.82) is 0 Å². The van der Waals surface area contributed by atoms with Crippen molar-refractivity contribution in [1.82, 2.24) is 5.32 Å². The van der Waals surface area contributed by atoms with Gasteiger partial charge in [0, 0.05) is 52.1 Å². The standard InChI is InChI=1S/C34H36N4O3S/c1-34(2,3)16-17-36-30(39)21-42-25-12-10-24(11-13-25)38-32(40)27-9-5-8-26-29(15-14-28(31(26)27)33(38)41)37-20-23-7-4-6-22(18-23)19-35/h4-15,18,37H,16-17,19-21,35H2,1-3H3,(H,36,39). The number of nitrogens with two attached hydrogens (primary N) is 1. The zero-order valence-electron chi connectivity index (χ0n) is 24.2. The minimum atomic E-state index is -0.357. The Morgan fingerprint density at radius 2 is 1.57 bits per heavy atom. The first-order chi connectivity index (χ1) is 20.1. The van der Waals surface area contributed by atoms with Crippen molar-refractivity contribution in [2.24, 2.45) is 11.1 Å². The summed E-state index contributed by atoms with van der Waals surface area (Å²) in [5, 5.41) is 7.92. The Kier molecular flexibility index (Phi) is 8.66. The molecular weight excluding hydrogens is 544 g/mol. The lowest BCUT2D eigenvalue weighted by molar-refractivity contribution is -0.118. The zero-order valence-corrected chi connectivity index (χ0v) is 25.0. The number of anilines is 2. The summed E-state index contributed by atoms with van der Waals surface area (Å²) in [7, 11) is 0. The molecule has 0 radical (unpaired) electrons. The lowest BCUT2D eigenvalue weighted by atomic mass is 9.92. The fourth-order valence-electron chi connectivity index (χ4n) is 5.02. The predicted octanol–water partition coefficient (Wildman–Crippen LogP) is 6.36. The summed E-state index contributed by atoms with van der Waals surface area (Å²) in [6.07, 6.45) is 0.911. The first-order valence-electron chi connectivity index (χ1n) is 14.1. The fourth-order valence-corrected chi connectivity index (χ4v) is 5.75. The highest BCUT2D eigenvalue weighted by atomic mass is 32.2. The smallest absolute Gasteiger partial charge is 0.265 e. The maximum absolute atomic E-state index is 13.7. The first kappa shape index (κ1) is 29.4. The number of rotatable bonds is 10. The van der Waals surface area contributed by atoms with E-state index < -0.39 is 0 Å². The van der Waals surface area contributed by atoms with Crippen LogP contribution >= 0.6 is 11.8 Å². The van der Waals surface area contributed by atoms with Crippen LogP contribution in [0.2, 0.25) is 0 Å². The molecule has 0 saturated heterocycles. The molecule has 0 atom stereocenters. The number of benzene rings is 4. The average Bonchev–Trinajstić information content (AvgIpc) is 2.98. The summed E-state index contributed by atoms with van der Waals surface area (Å²) in [5.41, 5.74) is 10.4. The summed E-state index contributed by atoms with van der Waals surface area (Å²) in [4.78, 5) is 41.7. The van der Waals surface area contributed by atoms with Gasteiger partial charge in [-0.15, -0.1) is 11.8 Å². The van der Waals surface area contributed by atoms with Gasteiger partial charge in [-0.05, 0) is 65.4 Å². The van der Waals surface area contributed by atoms with Crippen molar-refractivity contribution in [3.63, 3.8) is 0 Å². The molecule has 4 N–H and O–H groups in total. The van der Waals surface area contributed by atoms with E-state index in [0.29, 0.717) is 47.6 Å². The van der Waals surface area contributed by atoms with E-state index in [2.05, 4.69) is 37.5 Å². The van der Waals surface area contributed by atoms with Crippen molar-refractivity contribution in [3.8, 4) is 0 Å². The third kappa shape index (κ3) is 6.50. The van der Waals surface area contributed by atoms with E-state index in [9.17, 15) is 14.4 Å². The van der Waals surface area contributed by atoms with Gasteiger partial charge in [0.1, 0.15) is 0 Å². The van der Waals surface area contributed by atoms with E-state index >= 15 is 0 Å². The maximum Gasteiger partial charge on any atom is 0.265 e. The molecule has 42 heavy (non-hydrogen) atoms. The Balaban J connectivity index is 1.30. The SMILES string of the molecule is CC(C)(C)CCNC(=O)CSc1ccc(N2C(=O)c3cccc4c(NCc5cccc(CN)c5)ccc(c34)C2=O)cc1. The minimum Gasteiger partial charge on any atom is -0.380 e. The largest absolute Gasteiger partial charge is 0.380 e. The highest BCUT2D eigenvalue weighted by Crippen LogP contribution is 2.37. The molecule has 3 amide bonds. The molecule has 0 aliphatic carbocycles. The normalized spacial score (nSPS) is 13.0. The van der Waals surface area contributed by atoms with Crippen LogP contribution in [-0.4, -0.2) is 30.0 Å². The third-order valence-electron chi connectivity index (χ3n) is 7.28. The van der Waals surface area contributed by atoms with Crippen LogP contribution in [-0.2, 0) is 17.9 Å². The molecule has 0 fully saturated rings. The summed E-state index contributed by atoms with van der Waals surface area (Å²) in [6.45, 7) is 8.15. The molecule has 4 aromatic rings. The third-order valence-corrected chi connectivity index (χ3v) is 8.29. The zero-order chi connectivity index (χ0) is 29.9. The molecule has 216 valence electrons. The lowest BCUT2D eigenvalue weighted by Crippen LogP contribution is -2.40. The van der Waals surface area contributed by atoms with Gasteiger partial charge in [0.15, 0.2) is 0 Å². The van der Waals surface area contributed by atoms with Gasteiger partial charge < -0.3 is 16.4 Å². The molecule has 0 saturated carbocycles. The molecule has 7 nitrogen and oxygen atoms in total. The van der Waals surface area contributed by atoms with Crippen LogP contribution in [0, 0.1) is 5.41 Å². The summed E-state index contributed by atoms with van der Waals surface area (Å²) < 4.78 is 0. The van der Waals surface area contributed by atoms with Crippen molar-refractivity contribution >= 4 is 51.6 Å². The Morgan fingerprint density at radius 1 is 0.881 bits per heavy atom. The predicted molar refractivity (Wildman–Crippen MR) is 171 cm³/mol. The second kappa shape index (κ2) is 12.4. The highest BCUT2D eigenvalue weighted by molar-refractivity contribution is 8.00. The molecule has 0 unspecified atom stereocenters. The van der Waals surface area contributed by atoms with E-state index in [4.69, 9.17) is 5.73 Å². The number of carbonyl (C=O) groups excluding carboxylic acids is 3. The molecule has 8 heteroatoms. The van der Waals surface area contributed by atoms with E-state index in [0.717, 1.165) is 33.5 Å². The molecule has 0 bridgehead atoms. The number of thioether (sulfide) groups is 1. The molecule has 4 aromatic carbocycles. The van der Waals surface area contributed by atoms with Crippen molar-refractivity contribution in [3.05, 3.63) is 101 Å². The van der Waals surface area contributed by atoms with Crippen molar-refractivity contribution in [2.75, 3.05) is 22.5 Å². The molecule has 0 aromatic heterocycles. The highest BCUT2D eigenvalue weighted by Gasteiger charge is 2.34. The first-order valence-corrected chi connectivity index (χ1v) is 15.1. The van der Waals surface area contributed by atoms with Crippen LogP contribution in [0.3, 0.4) is 0 Å². The average molecular weight is 581 g/mol. The number of amides is 3. The number of hydrogen-bond donors (Lipinski definition) is 3. The van der Waals surface area contributed by atoms with E-state index in [1.165, 1.54) is 16.7 Å². The maximum atomic E-state index is 13.7. The van der Waals surface area contributed by atoms with Crippen LogP contribution < -0.4 is 21.3 Å². The Bertz CT molecular complexity index is 1620. The van der Waals surface area contributed by atoms with Crippen molar-refractivity contribution < 1.29 is 14.4 Å². The number of nitrogens with one attached hydrogen (secondary N) is 2.